The number of amides is 1. The Hall–Kier alpha value is -1.64. The molecule has 0 atom stereocenters. The molecular weight excluding hydrogens is 330 g/mol. The number of ether oxygens (including phenoxy) is 1. The van der Waals surface area contributed by atoms with Crippen molar-refractivity contribution in [2.45, 2.75) is 6.92 Å². The zero-order valence-corrected chi connectivity index (χ0v) is 15.0. The highest BCUT2D eigenvalue weighted by atomic mass is 32.2. The van der Waals surface area contributed by atoms with Gasteiger partial charge in [0, 0.05) is 38.8 Å². The first-order chi connectivity index (χ1) is 11.4. The molecule has 1 fully saturated rings. The molecule has 8 heteroatoms. The van der Waals surface area contributed by atoms with E-state index < -0.39 is 10.0 Å². The number of nitrogens with zero attached hydrogens (tertiary/aromatic N) is 2. The summed E-state index contributed by atoms with van der Waals surface area (Å²) in [7, 11) is -1.78. The molecule has 1 aromatic rings. The second-order valence-corrected chi connectivity index (χ2v) is 7.91. The fraction of sp³-hybridized carbons (Fsp3) is 0.562. The predicted octanol–water partition coefficient (Wildman–Crippen LogP) is 0.535. The number of carbonyl (C=O) groups is 1. The molecule has 0 bridgehead atoms. The van der Waals surface area contributed by atoms with Gasteiger partial charge in [0.2, 0.25) is 10.0 Å². The van der Waals surface area contributed by atoms with Crippen molar-refractivity contribution < 1.29 is 17.9 Å². The topological polar surface area (TPSA) is 79.0 Å². The molecule has 1 N–H and O–H groups in total. The lowest BCUT2D eigenvalue weighted by Gasteiger charge is -2.26. The Kier molecular flexibility index (Phi) is 6.59. The van der Waals surface area contributed by atoms with Crippen LogP contribution in [0.2, 0.25) is 0 Å². The Morgan fingerprint density at radius 2 is 1.88 bits per heavy atom. The molecule has 0 saturated carbocycles. The van der Waals surface area contributed by atoms with E-state index in [1.165, 1.54) is 11.4 Å². The van der Waals surface area contributed by atoms with Crippen molar-refractivity contribution in [1.29, 1.82) is 0 Å². The first-order valence-electron chi connectivity index (χ1n) is 8.09. The van der Waals surface area contributed by atoms with Gasteiger partial charge < -0.3 is 10.1 Å². The van der Waals surface area contributed by atoms with Crippen LogP contribution in [0.1, 0.15) is 17.3 Å². The van der Waals surface area contributed by atoms with Crippen LogP contribution in [0.15, 0.2) is 24.3 Å². The molecule has 0 aliphatic carbocycles. The maximum absolute atomic E-state index is 12.1. The van der Waals surface area contributed by atoms with Crippen LogP contribution in [0.5, 0.6) is 0 Å². The molecule has 1 amide bonds. The van der Waals surface area contributed by atoms with Crippen molar-refractivity contribution in [3.05, 3.63) is 29.8 Å². The van der Waals surface area contributed by atoms with Gasteiger partial charge in [0.05, 0.1) is 24.7 Å². The zero-order valence-electron chi connectivity index (χ0n) is 14.2. The Morgan fingerprint density at radius 3 is 2.46 bits per heavy atom. The van der Waals surface area contributed by atoms with E-state index in [4.69, 9.17) is 4.74 Å². The number of hydrogen-bond acceptors (Lipinski definition) is 5. The summed E-state index contributed by atoms with van der Waals surface area (Å²) in [5, 5.41) is 2.88. The number of hydrogen-bond donors (Lipinski definition) is 1. The monoisotopic (exact) mass is 355 g/mol. The summed E-state index contributed by atoms with van der Waals surface area (Å²) in [6, 6.07) is 6.57. The average molecular weight is 355 g/mol. The molecule has 1 heterocycles. The minimum Gasteiger partial charge on any atom is -0.379 e. The molecule has 0 radical (unpaired) electrons. The van der Waals surface area contributed by atoms with Crippen LogP contribution in [-0.2, 0) is 14.8 Å². The van der Waals surface area contributed by atoms with Crippen LogP contribution in [-0.4, -0.2) is 71.4 Å². The van der Waals surface area contributed by atoms with E-state index in [1.54, 1.807) is 31.2 Å². The predicted molar refractivity (Wildman–Crippen MR) is 93.9 cm³/mol. The molecule has 0 aromatic heterocycles. The molecule has 0 unspecified atom stereocenters. The average Bonchev–Trinajstić information content (AvgIpc) is 2.62. The van der Waals surface area contributed by atoms with E-state index in [1.807, 2.05) is 0 Å². The summed E-state index contributed by atoms with van der Waals surface area (Å²) in [6.45, 7) is 6.23. The quantitative estimate of drug-likeness (QED) is 0.772. The molecule has 0 spiro atoms. The van der Waals surface area contributed by atoms with Gasteiger partial charge in [-0.15, -0.1) is 0 Å². The molecular formula is C16H25N3O4S. The molecule has 1 aliphatic heterocycles. The van der Waals surface area contributed by atoms with Gasteiger partial charge in [-0.1, -0.05) is 0 Å². The van der Waals surface area contributed by atoms with Crippen molar-refractivity contribution in [1.82, 2.24) is 10.2 Å². The highest BCUT2D eigenvalue weighted by Gasteiger charge is 2.16. The third-order valence-electron chi connectivity index (χ3n) is 4.09. The Morgan fingerprint density at radius 1 is 1.25 bits per heavy atom. The summed E-state index contributed by atoms with van der Waals surface area (Å²) in [5.74, 6) is -0.122. The molecule has 1 aromatic carbocycles. The van der Waals surface area contributed by atoms with Crippen molar-refractivity contribution in [2.75, 3.05) is 56.5 Å². The lowest BCUT2D eigenvalue weighted by atomic mass is 10.2. The molecule has 134 valence electrons. The van der Waals surface area contributed by atoms with E-state index >= 15 is 0 Å². The minimum absolute atomic E-state index is 0.0350. The second-order valence-electron chi connectivity index (χ2n) is 5.62. The molecule has 24 heavy (non-hydrogen) atoms. The maximum Gasteiger partial charge on any atom is 0.251 e. The smallest absolute Gasteiger partial charge is 0.251 e. The van der Waals surface area contributed by atoms with Crippen LogP contribution in [0.25, 0.3) is 0 Å². The lowest BCUT2D eigenvalue weighted by Crippen LogP contribution is -2.41. The number of benzene rings is 1. The lowest BCUT2D eigenvalue weighted by molar-refractivity contribution is 0.0383. The van der Waals surface area contributed by atoms with E-state index in [2.05, 4.69) is 10.2 Å². The van der Waals surface area contributed by atoms with E-state index in [-0.39, 0.29) is 11.7 Å². The summed E-state index contributed by atoms with van der Waals surface area (Å²) >= 11 is 0. The first kappa shape index (κ1) is 18.7. The van der Waals surface area contributed by atoms with Gasteiger partial charge in [-0.25, -0.2) is 8.42 Å². The summed E-state index contributed by atoms with van der Waals surface area (Å²) in [4.78, 5) is 14.4. The van der Waals surface area contributed by atoms with Crippen LogP contribution in [0.3, 0.4) is 0 Å². The SMILES string of the molecule is CCS(=O)(=O)N(C)c1ccc(C(=O)NCCN2CCOCC2)cc1. The van der Waals surface area contributed by atoms with E-state index in [0.29, 0.717) is 17.8 Å². The van der Waals surface area contributed by atoms with Gasteiger partial charge in [0.15, 0.2) is 0 Å². The maximum atomic E-state index is 12.1. The largest absolute Gasteiger partial charge is 0.379 e. The highest BCUT2D eigenvalue weighted by molar-refractivity contribution is 7.92. The third-order valence-corrected chi connectivity index (χ3v) is 5.87. The summed E-state index contributed by atoms with van der Waals surface area (Å²) < 4.78 is 30.2. The van der Waals surface area contributed by atoms with Crippen LogP contribution in [0, 0.1) is 0 Å². The van der Waals surface area contributed by atoms with E-state index in [9.17, 15) is 13.2 Å². The van der Waals surface area contributed by atoms with Gasteiger partial charge in [0.1, 0.15) is 0 Å². The van der Waals surface area contributed by atoms with Crippen LogP contribution < -0.4 is 9.62 Å². The van der Waals surface area contributed by atoms with Crippen LogP contribution >= 0.6 is 0 Å². The Balaban J connectivity index is 1.86. The fourth-order valence-electron chi connectivity index (χ4n) is 2.43. The summed E-state index contributed by atoms with van der Waals surface area (Å²) in [6.07, 6.45) is 0. The molecule has 7 nitrogen and oxygen atoms in total. The van der Waals surface area contributed by atoms with Gasteiger partial charge >= 0.3 is 0 Å². The molecule has 2 rings (SSSR count). The number of sulfonamides is 1. The number of morpholine rings is 1. The number of carbonyl (C=O) groups excluding carboxylic acids is 1. The fourth-order valence-corrected chi connectivity index (χ4v) is 3.26. The van der Waals surface area contributed by atoms with Crippen molar-refractivity contribution >= 4 is 21.6 Å². The number of nitrogens with one attached hydrogen (secondary N) is 1. The van der Waals surface area contributed by atoms with Crippen molar-refractivity contribution in [3.8, 4) is 0 Å². The highest BCUT2D eigenvalue weighted by Crippen LogP contribution is 2.17. The Bertz CT molecular complexity index is 640. The molecule has 1 saturated heterocycles. The molecule has 1 aliphatic rings. The first-order valence-corrected chi connectivity index (χ1v) is 9.70. The zero-order chi connectivity index (χ0) is 17.6. The van der Waals surface area contributed by atoms with Gasteiger partial charge in [0.25, 0.3) is 5.91 Å². The Labute approximate surface area is 143 Å². The van der Waals surface area contributed by atoms with Crippen molar-refractivity contribution in [2.24, 2.45) is 0 Å². The second kappa shape index (κ2) is 8.46. The number of rotatable bonds is 7. The minimum atomic E-state index is -3.29. The van der Waals surface area contributed by atoms with Crippen LogP contribution in [0.4, 0.5) is 5.69 Å². The normalized spacial score (nSPS) is 15.9. The van der Waals surface area contributed by atoms with Gasteiger partial charge in [-0.05, 0) is 31.2 Å². The van der Waals surface area contributed by atoms with Gasteiger partial charge in [-0.3, -0.25) is 14.0 Å². The summed E-state index contributed by atoms with van der Waals surface area (Å²) in [5.41, 5.74) is 1.06. The van der Waals surface area contributed by atoms with Gasteiger partial charge in [-0.2, -0.15) is 0 Å². The van der Waals surface area contributed by atoms with E-state index in [0.717, 1.165) is 32.8 Å². The number of anilines is 1. The standard InChI is InChI=1S/C16H25N3O4S/c1-3-24(21,22)18(2)15-6-4-14(5-7-15)16(20)17-8-9-19-10-12-23-13-11-19/h4-7H,3,8-13H2,1-2H3,(H,17,20). The third kappa shape index (κ3) is 4.93. The van der Waals surface area contributed by atoms with Crippen molar-refractivity contribution in [3.63, 3.8) is 0 Å².